The van der Waals surface area contributed by atoms with Crippen LogP contribution in [-0.2, 0) is 26.1 Å². The number of amides is 1. The van der Waals surface area contributed by atoms with Crippen molar-refractivity contribution in [2.45, 2.75) is 39.2 Å². The number of hydrogen-bond acceptors (Lipinski definition) is 5. The summed E-state index contributed by atoms with van der Waals surface area (Å²) in [6.45, 7) is 4.17. The van der Waals surface area contributed by atoms with Crippen LogP contribution >= 0.6 is 0 Å². The molecule has 0 atom stereocenters. The molecule has 0 bridgehead atoms. The maximum atomic E-state index is 12.9. The van der Waals surface area contributed by atoms with Crippen molar-refractivity contribution in [3.05, 3.63) is 24.2 Å². The first-order chi connectivity index (χ1) is 12.5. The minimum absolute atomic E-state index is 0.0454. The third-order valence-corrected chi connectivity index (χ3v) is 6.71. The molecule has 1 amide bonds. The molecule has 2 rings (SSSR count). The fourth-order valence-corrected chi connectivity index (χ4v) is 4.83. The molecule has 8 heteroatoms. The first-order valence-corrected chi connectivity index (χ1v) is 10.9. The van der Waals surface area contributed by atoms with Gasteiger partial charge in [-0.05, 0) is 31.4 Å². The highest BCUT2D eigenvalue weighted by molar-refractivity contribution is 7.89. The maximum absolute atomic E-state index is 12.9. The third-order valence-electron chi connectivity index (χ3n) is 4.76. The molecule has 0 unspecified atom stereocenters. The number of unbranched alkanes of at least 4 members (excludes halogenated alkanes) is 1. The van der Waals surface area contributed by atoms with Crippen LogP contribution in [0, 0.1) is 5.92 Å². The number of ether oxygens (including phenoxy) is 1. The number of sulfonamides is 1. The van der Waals surface area contributed by atoms with E-state index in [2.05, 4.69) is 0 Å². The zero-order valence-corrected chi connectivity index (χ0v) is 16.5. The lowest BCUT2D eigenvalue weighted by Gasteiger charge is -2.33. The van der Waals surface area contributed by atoms with Gasteiger partial charge in [0.25, 0.3) is 0 Å². The van der Waals surface area contributed by atoms with Crippen molar-refractivity contribution in [3.8, 4) is 0 Å². The Morgan fingerprint density at radius 1 is 1.38 bits per heavy atom. The van der Waals surface area contributed by atoms with E-state index >= 15 is 0 Å². The smallest absolute Gasteiger partial charge is 0.226 e. The van der Waals surface area contributed by atoms with Crippen LogP contribution in [-0.4, -0.2) is 62.6 Å². The van der Waals surface area contributed by atoms with Gasteiger partial charge < -0.3 is 14.1 Å². The molecule has 0 radical (unpaired) electrons. The highest BCUT2D eigenvalue weighted by Gasteiger charge is 2.32. The van der Waals surface area contributed by atoms with Crippen LogP contribution in [0.5, 0.6) is 0 Å². The molecule has 1 aliphatic heterocycles. The number of furan rings is 1. The zero-order chi connectivity index (χ0) is 19.0. The second-order valence-electron chi connectivity index (χ2n) is 6.67. The van der Waals surface area contributed by atoms with E-state index < -0.39 is 10.0 Å². The molecular formula is C18H30N2O5S. The number of hydrogen-bond donors (Lipinski definition) is 0. The van der Waals surface area contributed by atoms with Crippen molar-refractivity contribution in [2.75, 3.05) is 39.1 Å². The quantitative estimate of drug-likeness (QED) is 0.615. The van der Waals surface area contributed by atoms with Gasteiger partial charge >= 0.3 is 0 Å². The average molecular weight is 387 g/mol. The SMILES string of the molecule is CCCCS(=O)(=O)N1CCC(C(=O)N(CCOC)Cc2ccco2)CC1. The number of carbonyl (C=O) groups is 1. The van der Waals surface area contributed by atoms with E-state index in [1.165, 1.54) is 0 Å². The summed E-state index contributed by atoms with van der Waals surface area (Å²) in [7, 11) is -1.59. The fourth-order valence-electron chi connectivity index (χ4n) is 3.15. The molecule has 0 N–H and O–H groups in total. The highest BCUT2D eigenvalue weighted by Crippen LogP contribution is 2.23. The van der Waals surface area contributed by atoms with Gasteiger partial charge in [0.15, 0.2) is 0 Å². The van der Waals surface area contributed by atoms with Gasteiger partial charge in [-0.2, -0.15) is 0 Å². The molecule has 0 aromatic carbocycles. The Labute approximate surface area is 156 Å². The summed E-state index contributed by atoms with van der Waals surface area (Å²) in [4.78, 5) is 14.7. The van der Waals surface area contributed by atoms with Crippen molar-refractivity contribution in [1.82, 2.24) is 9.21 Å². The lowest BCUT2D eigenvalue weighted by molar-refractivity contribution is -0.138. The van der Waals surface area contributed by atoms with Gasteiger partial charge in [-0.15, -0.1) is 0 Å². The topological polar surface area (TPSA) is 80.1 Å². The number of nitrogens with zero attached hydrogens (tertiary/aromatic N) is 2. The fraction of sp³-hybridized carbons (Fsp3) is 0.722. The van der Waals surface area contributed by atoms with Gasteiger partial charge in [-0.25, -0.2) is 12.7 Å². The van der Waals surface area contributed by atoms with Gasteiger partial charge in [-0.3, -0.25) is 4.79 Å². The lowest BCUT2D eigenvalue weighted by Crippen LogP contribution is -2.45. The third kappa shape index (κ3) is 5.82. The Morgan fingerprint density at radius 2 is 2.12 bits per heavy atom. The van der Waals surface area contributed by atoms with Crippen molar-refractivity contribution < 1.29 is 22.4 Å². The Kier molecular flexibility index (Phi) is 8.12. The average Bonchev–Trinajstić information content (AvgIpc) is 3.16. The Hall–Kier alpha value is -1.38. The monoisotopic (exact) mass is 386 g/mol. The van der Waals surface area contributed by atoms with Crippen LogP contribution < -0.4 is 0 Å². The van der Waals surface area contributed by atoms with Crippen LogP contribution in [0.2, 0.25) is 0 Å². The zero-order valence-electron chi connectivity index (χ0n) is 15.7. The van der Waals surface area contributed by atoms with E-state index in [0.717, 1.165) is 12.2 Å². The summed E-state index contributed by atoms with van der Waals surface area (Å²) >= 11 is 0. The number of carbonyl (C=O) groups excluding carboxylic acids is 1. The predicted molar refractivity (Wildman–Crippen MR) is 99.0 cm³/mol. The van der Waals surface area contributed by atoms with E-state index in [1.807, 2.05) is 13.0 Å². The Morgan fingerprint density at radius 3 is 2.69 bits per heavy atom. The summed E-state index contributed by atoms with van der Waals surface area (Å²) in [5.41, 5.74) is 0. The maximum Gasteiger partial charge on any atom is 0.226 e. The Balaban J connectivity index is 1.93. The van der Waals surface area contributed by atoms with Crippen LogP contribution in [0.4, 0.5) is 0 Å². The van der Waals surface area contributed by atoms with Gasteiger partial charge in [-0.1, -0.05) is 13.3 Å². The van der Waals surface area contributed by atoms with E-state index in [-0.39, 0.29) is 17.6 Å². The van der Waals surface area contributed by atoms with Gasteiger partial charge in [0.1, 0.15) is 5.76 Å². The molecule has 0 saturated carbocycles. The second-order valence-corrected chi connectivity index (χ2v) is 8.76. The molecule has 1 aliphatic rings. The summed E-state index contributed by atoms with van der Waals surface area (Å²) in [6, 6.07) is 3.64. The molecule has 1 aromatic rings. The lowest BCUT2D eigenvalue weighted by atomic mass is 9.96. The summed E-state index contributed by atoms with van der Waals surface area (Å²) < 4.78 is 36.6. The van der Waals surface area contributed by atoms with Gasteiger partial charge in [0, 0.05) is 32.7 Å². The van der Waals surface area contributed by atoms with E-state index in [1.54, 1.807) is 28.6 Å². The summed E-state index contributed by atoms with van der Waals surface area (Å²) in [5.74, 6) is 0.818. The molecule has 1 fully saturated rings. The molecule has 26 heavy (non-hydrogen) atoms. The van der Waals surface area contributed by atoms with Crippen LogP contribution in [0.25, 0.3) is 0 Å². The molecule has 0 aliphatic carbocycles. The number of piperidine rings is 1. The first kappa shape index (κ1) is 20.9. The van der Waals surface area contributed by atoms with Crippen molar-refractivity contribution >= 4 is 15.9 Å². The minimum atomic E-state index is -3.20. The predicted octanol–water partition coefficient (Wildman–Crippen LogP) is 2.10. The first-order valence-electron chi connectivity index (χ1n) is 9.26. The molecule has 0 spiro atoms. The largest absolute Gasteiger partial charge is 0.467 e. The number of methoxy groups -OCH3 is 1. The molecule has 1 saturated heterocycles. The van der Waals surface area contributed by atoms with Crippen LogP contribution in [0.1, 0.15) is 38.4 Å². The minimum Gasteiger partial charge on any atom is -0.467 e. The molecule has 2 heterocycles. The normalized spacial score (nSPS) is 16.7. The van der Waals surface area contributed by atoms with Crippen molar-refractivity contribution in [1.29, 1.82) is 0 Å². The second kappa shape index (κ2) is 10.1. The van der Waals surface area contributed by atoms with Crippen LogP contribution in [0.3, 0.4) is 0 Å². The number of rotatable bonds is 10. The summed E-state index contributed by atoms with van der Waals surface area (Å²) in [6.07, 6.45) is 4.25. The van der Waals surface area contributed by atoms with Gasteiger partial charge in [0.2, 0.25) is 15.9 Å². The van der Waals surface area contributed by atoms with E-state index in [0.29, 0.717) is 52.0 Å². The molecule has 7 nitrogen and oxygen atoms in total. The van der Waals surface area contributed by atoms with E-state index in [9.17, 15) is 13.2 Å². The Bertz CT molecular complexity index is 637. The molecule has 148 valence electrons. The molecular weight excluding hydrogens is 356 g/mol. The standard InChI is InChI=1S/C18H30N2O5S/c1-3-4-14-26(22,23)20-9-7-16(8-10-20)18(21)19(11-13-24-2)15-17-6-5-12-25-17/h5-6,12,16H,3-4,7-11,13-15H2,1-2H3. The van der Waals surface area contributed by atoms with Crippen molar-refractivity contribution in [2.24, 2.45) is 5.92 Å². The van der Waals surface area contributed by atoms with Crippen LogP contribution in [0.15, 0.2) is 22.8 Å². The highest BCUT2D eigenvalue weighted by atomic mass is 32.2. The van der Waals surface area contributed by atoms with Gasteiger partial charge in [0.05, 0.1) is 25.2 Å². The van der Waals surface area contributed by atoms with Crippen molar-refractivity contribution in [3.63, 3.8) is 0 Å². The van der Waals surface area contributed by atoms with E-state index in [4.69, 9.17) is 9.15 Å². The summed E-state index contributed by atoms with van der Waals surface area (Å²) in [5, 5.41) is 0. The molecule has 1 aromatic heterocycles.